The van der Waals surface area contributed by atoms with E-state index in [0.29, 0.717) is 10.9 Å². The van der Waals surface area contributed by atoms with Gasteiger partial charge < -0.3 is 0 Å². The third-order valence-corrected chi connectivity index (χ3v) is 8.30. The second-order valence-corrected chi connectivity index (χ2v) is 9.67. The SMILES string of the molecule is O=S1(=O)OC2=S(=O)(OS(=O)(=O)O1)c1cc3ccccc3cc1C=C2. The molecule has 2 aliphatic heterocycles. The first-order chi connectivity index (χ1) is 11.2. The predicted octanol–water partition coefficient (Wildman–Crippen LogP) is 1.11. The summed E-state index contributed by atoms with van der Waals surface area (Å²) in [6.07, 6.45) is 2.54. The lowest BCUT2D eigenvalue weighted by molar-refractivity contribution is 0.364. The first-order valence-electron chi connectivity index (χ1n) is 6.42. The van der Waals surface area contributed by atoms with Crippen LogP contribution in [0.15, 0.2) is 47.4 Å². The molecule has 0 radical (unpaired) electrons. The molecule has 11 heteroatoms. The summed E-state index contributed by atoms with van der Waals surface area (Å²) in [4.78, 5) is -0.0111. The molecule has 24 heavy (non-hydrogen) atoms. The molecule has 2 heterocycles. The lowest BCUT2D eigenvalue weighted by Gasteiger charge is -2.17. The average Bonchev–Trinajstić information content (AvgIpc) is 2.54. The Balaban J connectivity index is 2.10. The molecule has 0 aromatic heterocycles. The van der Waals surface area contributed by atoms with Crippen molar-refractivity contribution in [1.82, 2.24) is 0 Å². The maximum absolute atomic E-state index is 13.2. The maximum Gasteiger partial charge on any atom is 0.429 e. The molecule has 2 aliphatic rings. The van der Waals surface area contributed by atoms with Crippen molar-refractivity contribution < 1.29 is 32.5 Å². The van der Waals surface area contributed by atoms with Gasteiger partial charge in [-0.25, -0.2) is 4.21 Å². The second-order valence-electron chi connectivity index (χ2n) is 4.93. The Morgan fingerprint density at radius 3 is 2.12 bits per heavy atom. The molecule has 0 saturated carbocycles. The second kappa shape index (κ2) is 4.88. The maximum atomic E-state index is 13.2. The van der Waals surface area contributed by atoms with Gasteiger partial charge in [-0.2, -0.15) is 21.0 Å². The molecule has 1 unspecified atom stereocenters. The molecule has 0 fully saturated rings. The molecular weight excluding hydrogens is 380 g/mol. The molecule has 0 amide bonds. The van der Waals surface area contributed by atoms with Crippen molar-refractivity contribution in [2.45, 2.75) is 4.90 Å². The van der Waals surface area contributed by atoms with Crippen LogP contribution in [0.5, 0.6) is 0 Å². The van der Waals surface area contributed by atoms with E-state index in [1.807, 2.05) is 12.1 Å². The highest BCUT2D eigenvalue weighted by Crippen LogP contribution is 2.33. The highest BCUT2D eigenvalue weighted by atomic mass is 32.3. The fraction of sp³-hybridized carbons (Fsp3) is 0. The summed E-state index contributed by atoms with van der Waals surface area (Å²) in [6, 6.07) is 10.3. The van der Waals surface area contributed by atoms with E-state index in [0.717, 1.165) is 11.5 Å². The Hall–Kier alpha value is -1.76. The molecule has 0 aliphatic carbocycles. The fourth-order valence-electron chi connectivity index (χ4n) is 2.44. The van der Waals surface area contributed by atoms with Crippen molar-refractivity contribution in [3.63, 3.8) is 0 Å². The van der Waals surface area contributed by atoms with Crippen molar-refractivity contribution in [1.29, 1.82) is 0 Å². The van der Waals surface area contributed by atoms with Crippen molar-refractivity contribution in [2.75, 3.05) is 0 Å². The molecule has 2 aromatic rings. The van der Waals surface area contributed by atoms with Gasteiger partial charge in [0, 0.05) is 0 Å². The first-order valence-corrected chi connectivity index (χ1v) is 10.6. The van der Waals surface area contributed by atoms with Crippen LogP contribution in [0.2, 0.25) is 0 Å². The zero-order valence-corrected chi connectivity index (χ0v) is 14.1. The fourth-order valence-corrected chi connectivity index (χ4v) is 7.21. The molecule has 0 spiro atoms. The molecule has 8 nitrogen and oxygen atoms in total. The van der Waals surface area contributed by atoms with Gasteiger partial charge in [-0.3, -0.25) is 0 Å². The lowest BCUT2D eigenvalue weighted by atomic mass is 10.1. The van der Waals surface area contributed by atoms with Crippen molar-refractivity contribution in [3.05, 3.63) is 48.0 Å². The molecule has 126 valence electrons. The monoisotopic (exact) mass is 388 g/mol. The smallest absolute Gasteiger partial charge is 0.231 e. The topological polar surface area (TPSA) is 113 Å². The third kappa shape index (κ3) is 2.46. The van der Waals surface area contributed by atoms with E-state index < -0.39 is 35.7 Å². The van der Waals surface area contributed by atoms with Crippen LogP contribution in [-0.4, -0.2) is 26.1 Å². The standard InChI is InChI=1S/C13H8O8S3/c14-22-12-8-10-4-2-1-3-9(10)7-11(12)5-6-13(22)19-23(15,16)21-24(17,18)20-22/h1-8H. The molecule has 2 aromatic carbocycles. The summed E-state index contributed by atoms with van der Waals surface area (Å²) >= 11 is 0. The zero-order valence-electron chi connectivity index (χ0n) is 11.6. The summed E-state index contributed by atoms with van der Waals surface area (Å²) in [5, 5.41) is 0.836. The number of benzene rings is 2. The highest BCUT2D eigenvalue weighted by molar-refractivity contribution is 8.09. The molecule has 0 N–H and O–H groups in total. The zero-order chi connectivity index (χ0) is 17.2. The average molecular weight is 388 g/mol. The van der Waals surface area contributed by atoms with E-state index in [1.54, 1.807) is 18.2 Å². The van der Waals surface area contributed by atoms with Crippen LogP contribution in [0.3, 0.4) is 0 Å². The van der Waals surface area contributed by atoms with Crippen LogP contribution in [0.25, 0.3) is 16.8 Å². The largest absolute Gasteiger partial charge is 0.429 e. The highest BCUT2D eigenvalue weighted by Gasteiger charge is 2.40. The summed E-state index contributed by atoms with van der Waals surface area (Å²) in [6.45, 7) is 0. The normalized spacial score (nSPS) is 27.2. The Morgan fingerprint density at radius 1 is 0.750 bits per heavy atom. The van der Waals surface area contributed by atoms with E-state index in [9.17, 15) is 21.0 Å². The summed E-state index contributed by atoms with van der Waals surface area (Å²) in [7, 11) is -14.0. The van der Waals surface area contributed by atoms with Crippen molar-refractivity contribution >= 4 is 52.5 Å². The Labute approximate surface area is 138 Å². The van der Waals surface area contributed by atoms with Gasteiger partial charge in [-0.05, 0) is 34.5 Å². The Morgan fingerprint density at radius 2 is 1.42 bits per heavy atom. The summed E-state index contributed by atoms with van der Waals surface area (Å²) in [5.74, 6) is 0. The van der Waals surface area contributed by atoms with Crippen LogP contribution in [0.1, 0.15) is 5.56 Å². The summed E-state index contributed by atoms with van der Waals surface area (Å²) in [5.41, 5.74) is 0.417. The third-order valence-electron chi connectivity index (χ3n) is 3.36. The number of hydrogen-bond acceptors (Lipinski definition) is 8. The molecule has 4 rings (SSSR count). The van der Waals surface area contributed by atoms with Gasteiger partial charge in [0.2, 0.25) is 0 Å². The van der Waals surface area contributed by atoms with Gasteiger partial charge in [0.15, 0.2) is 14.9 Å². The number of hydrogen-bond donors (Lipinski definition) is 0. The van der Waals surface area contributed by atoms with Crippen LogP contribution >= 0.6 is 0 Å². The molecule has 0 bridgehead atoms. The van der Waals surface area contributed by atoms with Gasteiger partial charge in [0.25, 0.3) is 0 Å². The Bertz CT molecular complexity index is 1250. The minimum Gasteiger partial charge on any atom is -0.231 e. The van der Waals surface area contributed by atoms with Crippen molar-refractivity contribution in [2.24, 2.45) is 0 Å². The van der Waals surface area contributed by atoms with Crippen LogP contribution in [0.4, 0.5) is 0 Å². The van der Waals surface area contributed by atoms with E-state index in [-0.39, 0.29) is 4.90 Å². The predicted molar refractivity (Wildman–Crippen MR) is 85.5 cm³/mol. The van der Waals surface area contributed by atoms with Crippen molar-refractivity contribution in [3.8, 4) is 0 Å². The van der Waals surface area contributed by atoms with E-state index in [2.05, 4.69) is 11.4 Å². The summed E-state index contributed by atoms with van der Waals surface area (Å²) < 4.78 is 72.6. The van der Waals surface area contributed by atoms with Crippen LogP contribution in [-0.2, 0) is 42.0 Å². The van der Waals surface area contributed by atoms with Crippen LogP contribution in [0, 0.1) is 0 Å². The quantitative estimate of drug-likeness (QED) is 0.617. The van der Waals surface area contributed by atoms with Gasteiger partial charge >= 0.3 is 20.8 Å². The minimum atomic E-state index is -5.09. The van der Waals surface area contributed by atoms with E-state index in [1.165, 1.54) is 12.1 Å². The molecular formula is C13H8O8S3. The van der Waals surface area contributed by atoms with Crippen LogP contribution < -0.4 is 0 Å². The lowest BCUT2D eigenvalue weighted by Crippen LogP contribution is -2.21. The number of fused-ring (bicyclic) bond motifs is 3. The Kier molecular flexibility index (Phi) is 3.20. The number of rotatable bonds is 0. The molecule has 1 atom stereocenters. The first kappa shape index (κ1) is 15.7. The van der Waals surface area contributed by atoms with E-state index in [4.69, 9.17) is 0 Å². The minimum absolute atomic E-state index is 0.0111. The van der Waals surface area contributed by atoms with Gasteiger partial charge in [-0.15, -0.1) is 3.63 Å². The van der Waals surface area contributed by atoms with E-state index >= 15 is 0 Å². The molecule has 0 saturated heterocycles. The van der Waals surface area contributed by atoms with Gasteiger partial charge in [0.1, 0.15) is 0 Å². The van der Waals surface area contributed by atoms with Gasteiger partial charge in [0.05, 0.1) is 4.90 Å². The van der Waals surface area contributed by atoms with Gasteiger partial charge in [-0.1, -0.05) is 34.0 Å².